The monoisotopic (exact) mass is 280 g/mol. The Balaban J connectivity index is 3.26. The molecule has 3 N–H and O–H groups in total. The van der Waals surface area contributed by atoms with E-state index in [9.17, 15) is 9.46 Å². The van der Waals surface area contributed by atoms with Crippen molar-refractivity contribution in [2.24, 2.45) is 0 Å². The Kier molecular flexibility index (Phi) is 12.2. The van der Waals surface area contributed by atoms with Crippen LogP contribution in [-0.4, -0.2) is 40.6 Å². The van der Waals surface area contributed by atoms with Crippen LogP contribution >= 0.6 is 7.37 Å². The van der Waals surface area contributed by atoms with Crippen LogP contribution in [0.4, 0.5) is 0 Å². The number of hydrogen-bond acceptors (Lipinski definition) is 3. The molecule has 0 heterocycles. The molecule has 0 rings (SSSR count). The van der Waals surface area contributed by atoms with E-state index < -0.39 is 7.37 Å². The molecule has 0 aromatic rings. The largest absolute Gasteiger partial charge is 0.396 e. The summed E-state index contributed by atoms with van der Waals surface area (Å²) in [5, 5.41) is 17.2. The van der Waals surface area contributed by atoms with Gasteiger partial charge in [-0.15, -0.1) is 0 Å². The highest BCUT2D eigenvalue weighted by Crippen LogP contribution is 2.41. The Morgan fingerprint density at radius 1 is 0.611 bits per heavy atom. The molecule has 110 valence electrons. The van der Waals surface area contributed by atoms with Crippen LogP contribution in [0.15, 0.2) is 0 Å². The molecule has 18 heavy (non-hydrogen) atoms. The van der Waals surface area contributed by atoms with Gasteiger partial charge in [-0.1, -0.05) is 38.5 Å². The van der Waals surface area contributed by atoms with E-state index in [2.05, 4.69) is 0 Å². The highest BCUT2D eigenvalue weighted by molar-refractivity contribution is 7.57. The van der Waals surface area contributed by atoms with Crippen LogP contribution in [0.25, 0.3) is 0 Å². The summed E-state index contributed by atoms with van der Waals surface area (Å²) in [4.78, 5) is 9.57. The zero-order valence-corrected chi connectivity index (χ0v) is 12.3. The van der Waals surface area contributed by atoms with Crippen molar-refractivity contribution in [2.75, 3.05) is 25.5 Å². The summed E-state index contributed by atoms with van der Waals surface area (Å²) < 4.78 is 11.6. The summed E-state index contributed by atoms with van der Waals surface area (Å²) in [5.74, 6) is 0. The lowest BCUT2D eigenvalue weighted by Gasteiger charge is -2.10. The Bertz CT molecular complexity index is 221. The molecule has 0 aliphatic heterocycles. The lowest BCUT2D eigenvalue weighted by molar-refractivity contribution is 0.282. The summed E-state index contributed by atoms with van der Waals surface area (Å²) >= 11 is 0. The van der Waals surface area contributed by atoms with E-state index in [-0.39, 0.29) is 12.8 Å². The zero-order chi connectivity index (χ0) is 13.7. The molecule has 0 aliphatic rings. The van der Waals surface area contributed by atoms with Gasteiger partial charge in [0.05, 0.1) is 0 Å². The van der Waals surface area contributed by atoms with Crippen LogP contribution in [0, 0.1) is 0 Å². The molecule has 0 saturated carbocycles. The minimum Gasteiger partial charge on any atom is -0.396 e. The minimum absolute atomic E-state index is 0.00160. The second-order valence-corrected chi connectivity index (χ2v) is 7.51. The number of rotatable bonds is 13. The average Bonchev–Trinajstić information content (AvgIpc) is 2.34. The molecule has 1 atom stereocenters. The summed E-state index contributed by atoms with van der Waals surface area (Å²) in [6, 6.07) is 0. The maximum absolute atomic E-state index is 11.6. The quantitative estimate of drug-likeness (QED) is 0.358. The normalized spacial score (nSPS) is 14.6. The lowest BCUT2D eigenvalue weighted by atomic mass is 10.1. The second kappa shape index (κ2) is 12.2. The van der Waals surface area contributed by atoms with Gasteiger partial charge in [-0.25, -0.2) is 0 Å². The maximum atomic E-state index is 11.6. The first-order chi connectivity index (χ1) is 8.62. The smallest absolute Gasteiger partial charge is 0.200 e. The lowest BCUT2D eigenvalue weighted by Crippen LogP contribution is -1.97. The van der Waals surface area contributed by atoms with Crippen LogP contribution in [0.2, 0.25) is 0 Å². The zero-order valence-electron chi connectivity index (χ0n) is 11.4. The van der Waals surface area contributed by atoms with Gasteiger partial charge in [0.15, 0.2) is 0 Å². The first-order valence-electron chi connectivity index (χ1n) is 7.15. The third kappa shape index (κ3) is 12.6. The van der Waals surface area contributed by atoms with Gasteiger partial charge in [-0.05, 0) is 19.3 Å². The Morgan fingerprint density at radius 2 is 1.00 bits per heavy atom. The highest BCUT2D eigenvalue weighted by Gasteiger charge is 2.16. The van der Waals surface area contributed by atoms with Gasteiger partial charge in [0.1, 0.15) is 0 Å². The van der Waals surface area contributed by atoms with E-state index in [4.69, 9.17) is 10.2 Å². The molecule has 1 unspecified atom stereocenters. The predicted molar refractivity (Wildman–Crippen MR) is 75.3 cm³/mol. The fourth-order valence-electron chi connectivity index (χ4n) is 1.96. The van der Waals surface area contributed by atoms with Crippen LogP contribution in [0.5, 0.6) is 0 Å². The van der Waals surface area contributed by atoms with Gasteiger partial charge in [-0.2, -0.15) is 0 Å². The molecule has 0 radical (unpaired) electrons. The van der Waals surface area contributed by atoms with E-state index in [1.807, 2.05) is 0 Å². The van der Waals surface area contributed by atoms with E-state index in [1.54, 1.807) is 0 Å². The van der Waals surface area contributed by atoms with Crippen molar-refractivity contribution in [2.45, 2.75) is 57.8 Å². The van der Waals surface area contributed by atoms with Crippen molar-refractivity contribution in [3.63, 3.8) is 0 Å². The Labute approximate surface area is 111 Å². The fourth-order valence-corrected chi connectivity index (χ4v) is 3.54. The maximum Gasteiger partial charge on any atom is 0.200 e. The third-order valence-corrected chi connectivity index (χ3v) is 5.11. The van der Waals surface area contributed by atoms with E-state index in [0.29, 0.717) is 19.2 Å². The Hall–Kier alpha value is 0.110. The van der Waals surface area contributed by atoms with Gasteiger partial charge < -0.3 is 15.1 Å². The van der Waals surface area contributed by atoms with E-state index >= 15 is 0 Å². The first kappa shape index (κ1) is 18.1. The van der Waals surface area contributed by atoms with Gasteiger partial charge in [-0.3, -0.25) is 4.57 Å². The highest BCUT2D eigenvalue weighted by atomic mass is 31.2. The molecule has 0 aliphatic carbocycles. The van der Waals surface area contributed by atoms with Crippen molar-refractivity contribution in [3.05, 3.63) is 0 Å². The number of aliphatic hydroxyl groups excluding tert-OH is 2. The van der Waals surface area contributed by atoms with Crippen molar-refractivity contribution in [1.29, 1.82) is 0 Å². The fraction of sp³-hybridized carbons (Fsp3) is 1.00. The van der Waals surface area contributed by atoms with Gasteiger partial charge in [0, 0.05) is 25.5 Å². The van der Waals surface area contributed by atoms with Crippen LogP contribution in [0.3, 0.4) is 0 Å². The molecular weight excluding hydrogens is 251 g/mol. The topological polar surface area (TPSA) is 77.8 Å². The summed E-state index contributed by atoms with van der Waals surface area (Å²) in [5.41, 5.74) is 0. The van der Waals surface area contributed by atoms with Crippen LogP contribution in [-0.2, 0) is 4.57 Å². The van der Waals surface area contributed by atoms with Crippen LogP contribution in [0.1, 0.15) is 57.8 Å². The van der Waals surface area contributed by atoms with E-state index in [0.717, 1.165) is 32.1 Å². The SMILES string of the molecule is O=P(O)(CCCO)CCCCCCCCCCO. The van der Waals surface area contributed by atoms with Crippen LogP contribution < -0.4 is 0 Å². The predicted octanol–water partition coefficient (Wildman–Crippen LogP) is 2.75. The van der Waals surface area contributed by atoms with Crippen molar-refractivity contribution in [1.82, 2.24) is 0 Å². The molecule has 5 heteroatoms. The molecule has 0 aromatic carbocycles. The standard InChI is InChI=1S/C13H29O4P/c14-10-7-5-3-1-2-4-6-8-12-18(16,17)13-9-11-15/h14-15H,1-13H2,(H,16,17). The number of aliphatic hydroxyl groups is 2. The number of hydrogen-bond donors (Lipinski definition) is 3. The second-order valence-electron chi connectivity index (χ2n) is 4.92. The van der Waals surface area contributed by atoms with Gasteiger partial charge >= 0.3 is 0 Å². The van der Waals surface area contributed by atoms with Crippen molar-refractivity contribution >= 4 is 7.37 Å². The average molecular weight is 280 g/mol. The molecule has 0 fully saturated rings. The Morgan fingerprint density at radius 3 is 1.50 bits per heavy atom. The molecule has 0 spiro atoms. The molecule has 0 aromatic heterocycles. The summed E-state index contributed by atoms with van der Waals surface area (Å²) in [6.45, 7) is 0.290. The molecule has 4 nitrogen and oxygen atoms in total. The third-order valence-electron chi connectivity index (χ3n) is 3.08. The van der Waals surface area contributed by atoms with Crippen molar-refractivity contribution < 1.29 is 19.7 Å². The molecule has 0 bridgehead atoms. The first-order valence-corrected chi connectivity index (χ1v) is 9.18. The van der Waals surface area contributed by atoms with E-state index in [1.165, 1.54) is 19.3 Å². The minimum atomic E-state index is -2.97. The summed E-state index contributed by atoms with van der Waals surface area (Å²) in [6.07, 6.45) is 9.59. The molecule has 0 saturated heterocycles. The molecule has 0 amide bonds. The van der Waals surface area contributed by atoms with Gasteiger partial charge in [0.25, 0.3) is 0 Å². The molecular formula is C13H29O4P. The van der Waals surface area contributed by atoms with Gasteiger partial charge in [0.2, 0.25) is 7.37 Å². The summed E-state index contributed by atoms with van der Waals surface area (Å²) in [7, 11) is -2.97. The van der Waals surface area contributed by atoms with Crippen molar-refractivity contribution in [3.8, 4) is 0 Å². The number of unbranched alkanes of at least 4 members (excludes halogenated alkanes) is 7.